The average Bonchev–Trinajstić information content (AvgIpc) is 2.52. The van der Waals surface area contributed by atoms with Crippen LogP contribution in [0.15, 0.2) is 47.2 Å². The number of fused-ring (bicyclic) bond motifs is 1. The molecule has 0 saturated heterocycles. The van der Waals surface area contributed by atoms with Crippen LogP contribution in [0.25, 0.3) is 10.9 Å². The third kappa shape index (κ3) is 3.30. The van der Waals surface area contributed by atoms with Gasteiger partial charge in [0.25, 0.3) is 0 Å². The van der Waals surface area contributed by atoms with Crippen molar-refractivity contribution in [3.8, 4) is 0 Å². The highest BCUT2D eigenvalue weighted by Gasteiger charge is 2.18. The van der Waals surface area contributed by atoms with Gasteiger partial charge in [0.2, 0.25) is 0 Å². The van der Waals surface area contributed by atoms with Gasteiger partial charge in [0, 0.05) is 16.4 Å². The quantitative estimate of drug-likeness (QED) is 0.723. The highest BCUT2D eigenvalue weighted by atomic mass is 79.9. The molecule has 0 aliphatic rings. The van der Waals surface area contributed by atoms with Crippen molar-refractivity contribution in [3.63, 3.8) is 0 Å². The van der Waals surface area contributed by atoms with Gasteiger partial charge in [-0.05, 0) is 30.3 Å². The highest BCUT2D eigenvalue weighted by molar-refractivity contribution is 9.10. The molecular weight excluding hydrogens is 368 g/mol. The number of aliphatic hydroxyl groups excluding tert-OH is 1. The minimum absolute atomic E-state index is 0.0868. The number of aliphatic hydroxyl groups is 1. The van der Waals surface area contributed by atoms with Crippen molar-refractivity contribution in [1.82, 2.24) is 9.97 Å². The summed E-state index contributed by atoms with van der Waals surface area (Å²) in [5.41, 5.74) is 0.358. The molecule has 3 aromatic rings. The van der Waals surface area contributed by atoms with Crippen LogP contribution in [0.1, 0.15) is 11.7 Å². The Morgan fingerprint density at radius 1 is 1.13 bits per heavy atom. The topological polar surface area (TPSA) is 58.0 Å². The summed E-state index contributed by atoms with van der Waals surface area (Å²) in [4.78, 5) is 8.26. The number of anilines is 1. The largest absolute Gasteiger partial charge is 0.386 e. The molecule has 0 amide bonds. The van der Waals surface area contributed by atoms with E-state index in [1.54, 1.807) is 0 Å². The molecule has 0 bridgehead atoms. The van der Waals surface area contributed by atoms with E-state index in [0.717, 1.165) is 27.5 Å². The van der Waals surface area contributed by atoms with Crippen molar-refractivity contribution >= 4 is 32.7 Å². The lowest BCUT2D eigenvalue weighted by atomic mass is 10.1. The zero-order valence-corrected chi connectivity index (χ0v) is 13.4. The number of halogens is 3. The lowest BCUT2D eigenvalue weighted by Crippen LogP contribution is -2.16. The molecule has 0 aliphatic heterocycles. The maximum absolute atomic E-state index is 13.7. The molecule has 0 saturated carbocycles. The van der Waals surface area contributed by atoms with E-state index >= 15 is 0 Å². The summed E-state index contributed by atoms with van der Waals surface area (Å²) in [6.07, 6.45) is 0.0441. The monoisotopic (exact) mass is 379 g/mol. The van der Waals surface area contributed by atoms with Crippen LogP contribution in [0.5, 0.6) is 0 Å². The predicted octanol–water partition coefficient (Wildman–Crippen LogP) is 3.82. The first-order chi connectivity index (χ1) is 11.1. The Morgan fingerprint density at radius 2 is 1.87 bits per heavy atom. The molecule has 2 aromatic carbocycles. The summed E-state index contributed by atoms with van der Waals surface area (Å²) in [5, 5.41) is 13.7. The molecule has 1 aromatic heterocycles. The fraction of sp³-hybridized carbons (Fsp3) is 0.125. The lowest BCUT2D eigenvalue weighted by Gasteiger charge is -2.15. The summed E-state index contributed by atoms with van der Waals surface area (Å²) in [7, 11) is 0. The maximum atomic E-state index is 13.7. The molecule has 0 radical (unpaired) electrons. The molecular formula is C16H12BrF2N3O. The first-order valence-electron chi connectivity index (χ1n) is 6.82. The van der Waals surface area contributed by atoms with Gasteiger partial charge in [0.05, 0.1) is 11.1 Å². The van der Waals surface area contributed by atoms with E-state index in [4.69, 9.17) is 0 Å². The highest BCUT2D eigenvalue weighted by Crippen LogP contribution is 2.25. The van der Waals surface area contributed by atoms with Crippen molar-refractivity contribution in [2.75, 3.05) is 11.9 Å². The van der Waals surface area contributed by atoms with Crippen LogP contribution in [-0.4, -0.2) is 21.6 Å². The van der Waals surface area contributed by atoms with Gasteiger partial charge >= 0.3 is 0 Å². The minimum Gasteiger partial charge on any atom is -0.386 e. The van der Waals surface area contributed by atoms with Crippen LogP contribution in [0, 0.1) is 11.6 Å². The van der Waals surface area contributed by atoms with Gasteiger partial charge in [-0.3, -0.25) is 0 Å². The van der Waals surface area contributed by atoms with Gasteiger partial charge in [-0.1, -0.05) is 22.0 Å². The number of aromatic nitrogens is 2. The fourth-order valence-corrected chi connectivity index (χ4v) is 2.66. The molecule has 0 aliphatic carbocycles. The van der Waals surface area contributed by atoms with Gasteiger partial charge in [-0.2, -0.15) is 0 Å². The molecule has 1 heterocycles. The second-order valence-electron chi connectivity index (χ2n) is 4.92. The van der Waals surface area contributed by atoms with E-state index in [2.05, 4.69) is 31.2 Å². The molecule has 1 unspecified atom stereocenters. The maximum Gasteiger partial charge on any atom is 0.137 e. The fourth-order valence-electron chi connectivity index (χ4n) is 2.29. The van der Waals surface area contributed by atoms with Gasteiger partial charge < -0.3 is 10.4 Å². The van der Waals surface area contributed by atoms with Gasteiger partial charge in [0.1, 0.15) is 29.9 Å². The smallest absolute Gasteiger partial charge is 0.137 e. The number of hydrogen-bond donors (Lipinski definition) is 2. The lowest BCUT2D eigenvalue weighted by molar-refractivity contribution is 0.181. The summed E-state index contributed by atoms with van der Waals surface area (Å²) in [6, 6.07) is 8.97. The van der Waals surface area contributed by atoms with Crippen LogP contribution in [0.2, 0.25) is 0 Å². The van der Waals surface area contributed by atoms with Crippen LogP contribution < -0.4 is 5.32 Å². The Kier molecular flexibility index (Phi) is 4.49. The summed E-state index contributed by atoms with van der Waals surface area (Å²) in [6.45, 7) is -0.0868. The molecule has 118 valence electrons. The average molecular weight is 380 g/mol. The third-order valence-corrected chi connectivity index (χ3v) is 3.89. The van der Waals surface area contributed by atoms with Gasteiger partial charge in [0.15, 0.2) is 0 Å². The third-order valence-electron chi connectivity index (χ3n) is 3.39. The molecule has 4 nitrogen and oxygen atoms in total. The zero-order chi connectivity index (χ0) is 16.4. The van der Waals surface area contributed by atoms with E-state index in [1.807, 2.05) is 18.2 Å². The molecule has 3 rings (SSSR count). The van der Waals surface area contributed by atoms with Crippen LogP contribution in [0.4, 0.5) is 14.6 Å². The van der Waals surface area contributed by atoms with Gasteiger partial charge in [-0.15, -0.1) is 0 Å². The van der Waals surface area contributed by atoms with Crippen LogP contribution >= 0.6 is 15.9 Å². The first kappa shape index (κ1) is 15.8. The van der Waals surface area contributed by atoms with Crippen molar-refractivity contribution in [1.29, 1.82) is 0 Å². The zero-order valence-electron chi connectivity index (χ0n) is 11.8. The van der Waals surface area contributed by atoms with Crippen molar-refractivity contribution < 1.29 is 13.9 Å². The van der Waals surface area contributed by atoms with Crippen molar-refractivity contribution in [2.45, 2.75) is 6.10 Å². The van der Waals surface area contributed by atoms with E-state index in [-0.39, 0.29) is 12.1 Å². The Bertz CT molecular complexity index is 840. The Balaban J connectivity index is 1.85. The Labute approximate surface area is 139 Å². The van der Waals surface area contributed by atoms with E-state index < -0.39 is 17.7 Å². The van der Waals surface area contributed by atoms with Gasteiger partial charge in [-0.25, -0.2) is 18.7 Å². The Morgan fingerprint density at radius 3 is 2.61 bits per heavy atom. The SMILES string of the molecule is OC(CNc1ncnc2ccc(Br)cc12)c1c(F)cccc1F. The van der Waals surface area contributed by atoms with E-state index in [0.29, 0.717) is 5.82 Å². The van der Waals surface area contributed by atoms with E-state index in [9.17, 15) is 13.9 Å². The van der Waals surface area contributed by atoms with Crippen LogP contribution in [0.3, 0.4) is 0 Å². The molecule has 7 heteroatoms. The first-order valence-corrected chi connectivity index (χ1v) is 7.61. The second kappa shape index (κ2) is 6.55. The van der Waals surface area contributed by atoms with E-state index in [1.165, 1.54) is 12.4 Å². The van der Waals surface area contributed by atoms with Crippen molar-refractivity contribution in [3.05, 3.63) is 64.4 Å². The number of nitrogens with one attached hydrogen (secondary N) is 1. The number of benzene rings is 2. The number of rotatable bonds is 4. The number of hydrogen-bond acceptors (Lipinski definition) is 4. The minimum atomic E-state index is -1.34. The van der Waals surface area contributed by atoms with Crippen molar-refractivity contribution in [2.24, 2.45) is 0 Å². The number of nitrogens with zero attached hydrogens (tertiary/aromatic N) is 2. The van der Waals surface area contributed by atoms with Crippen LogP contribution in [-0.2, 0) is 0 Å². The Hall–Kier alpha value is -2.12. The molecule has 1 atom stereocenters. The molecule has 0 spiro atoms. The second-order valence-corrected chi connectivity index (χ2v) is 5.83. The summed E-state index contributed by atoms with van der Waals surface area (Å²) < 4.78 is 28.2. The normalized spacial score (nSPS) is 12.3. The molecule has 0 fully saturated rings. The molecule has 23 heavy (non-hydrogen) atoms. The molecule has 2 N–H and O–H groups in total. The standard InChI is InChI=1S/C16H12BrF2N3O/c17-9-4-5-13-10(6-9)16(22-8-21-13)20-7-14(23)15-11(18)2-1-3-12(15)19/h1-6,8,14,23H,7H2,(H,20,21,22). The summed E-state index contributed by atoms with van der Waals surface area (Å²) >= 11 is 3.37. The summed E-state index contributed by atoms with van der Waals surface area (Å²) in [5.74, 6) is -1.09. The predicted molar refractivity (Wildman–Crippen MR) is 87.0 cm³/mol.